The summed E-state index contributed by atoms with van der Waals surface area (Å²) in [6, 6.07) is 11.6. The summed E-state index contributed by atoms with van der Waals surface area (Å²) in [4.78, 5) is 16.7. The second-order valence-corrected chi connectivity index (χ2v) is 11.0. The van der Waals surface area contributed by atoms with Gasteiger partial charge in [0.15, 0.2) is 0 Å². The Kier molecular flexibility index (Phi) is 7.11. The summed E-state index contributed by atoms with van der Waals surface area (Å²) in [6.45, 7) is 2.94. The van der Waals surface area contributed by atoms with Crippen LogP contribution in [0.4, 0.5) is 26.3 Å². The van der Waals surface area contributed by atoms with Crippen LogP contribution in [0.1, 0.15) is 28.1 Å². The molecule has 0 aliphatic heterocycles. The highest BCUT2D eigenvalue weighted by molar-refractivity contribution is 7.89. The molecule has 0 atom stereocenters. The van der Waals surface area contributed by atoms with Gasteiger partial charge >= 0.3 is 12.4 Å². The summed E-state index contributed by atoms with van der Waals surface area (Å²) < 4.78 is 108. The molecule has 0 fully saturated rings. The van der Waals surface area contributed by atoms with Gasteiger partial charge in [0, 0.05) is 7.05 Å². The van der Waals surface area contributed by atoms with Crippen LogP contribution in [-0.4, -0.2) is 29.3 Å². The van der Waals surface area contributed by atoms with Crippen LogP contribution in [0, 0.1) is 13.8 Å². The van der Waals surface area contributed by atoms with E-state index in [9.17, 15) is 39.6 Å². The van der Waals surface area contributed by atoms with E-state index in [-0.39, 0.29) is 34.9 Å². The molecule has 0 amide bonds. The number of para-hydroxylation sites is 1. The number of alkyl halides is 6. The Morgan fingerprint density at radius 1 is 0.872 bits per heavy atom. The number of aryl methyl sites for hydroxylation is 2. The fourth-order valence-electron chi connectivity index (χ4n) is 4.13. The van der Waals surface area contributed by atoms with E-state index in [1.807, 2.05) is 6.92 Å². The fraction of sp³-hybridized carbons (Fsp3) is 0.231. The first-order valence-corrected chi connectivity index (χ1v) is 12.8. The van der Waals surface area contributed by atoms with Gasteiger partial charge in [-0.15, -0.1) is 0 Å². The Labute approximate surface area is 219 Å². The molecule has 3 aromatic carbocycles. The van der Waals surface area contributed by atoms with Crippen molar-refractivity contribution < 1.29 is 34.8 Å². The quantitative estimate of drug-likeness (QED) is 0.282. The van der Waals surface area contributed by atoms with Crippen molar-refractivity contribution in [3.8, 4) is 5.69 Å². The van der Waals surface area contributed by atoms with Gasteiger partial charge in [-0.25, -0.2) is 13.4 Å². The standard InChI is InChI=1S/C26H21F6N3O3S/c1-15-8-9-22(16(2)10-15)35-23(33-21-7-5-4-6-20(21)24(35)36)14-34(3)39(37,38)19-12-17(25(27,28)29)11-18(13-19)26(30,31)32/h4-13H,14H2,1-3H3. The Hall–Kier alpha value is -3.71. The number of sulfonamides is 1. The predicted octanol–water partition coefficient (Wildman–Crippen LogP) is 5.86. The molecule has 0 saturated heterocycles. The molecule has 0 unspecified atom stereocenters. The zero-order valence-electron chi connectivity index (χ0n) is 20.7. The third kappa shape index (κ3) is 5.55. The molecule has 4 aromatic rings. The van der Waals surface area contributed by atoms with Gasteiger partial charge in [-0.1, -0.05) is 29.8 Å². The Balaban J connectivity index is 1.88. The fourth-order valence-corrected chi connectivity index (χ4v) is 5.33. The lowest BCUT2D eigenvalue weighted by atomic mass is 10.1. The number of nitrogens with zero attached hydrogens (tertiary/aromatic N) is 3. The van der Waals surface area contributed by atoms with E-state index in [2.05, 4.69) is 4.98 Å². The number of benzene rings is 3. The van der Waals surface area contributed by atoms with Crippen LogP contribution in [0.15, 0.2) is 70.4 Å². The number of rotatable bonds is 5. The highest BCUT2D eigenvalue weighted by atomic mass is 32.2. The molecule has 13 heteroatoms. The predicted molar refractivity (Wildman–Crippen MR) is 132 cm³/mol. The van der Waals surface area contributed by atoms with Gasteiger partial charge in [-0.2, -0.15) is 30.6 Å². The zero-order valence-corrected chi connectivity index (χ0v) is 21.5. The van der Waals surface area contributed by atoms with E-state index in [1.165, 1.54) is 16.7 Å². The van der Waals surface area contributed by atoms with Crippen LogP contribution in [-0.2, 0) is 28.9 Å². The maximum Gasteiger partial charge on any atom is 0.416 e. The topological polar surface area (TPSA) is 72.3 Å². The molecule has 39 heavy (non-hydrogen) atoms. The Morgan fingerprint density at radius 2 is 1.46 bits per heavy atom. The van der Waals surface area contributed by atoms with E-state index in [0.717, 1.165) is 12.6 Å². The minimum Gasteiger partial charge on any atom is -0.268 e. The van der Waals surface area contributed by atoms with Gasteiger partial charge in [-0.3, -0.25) is 9.36 Å². The molecule has 6 nitrogen and oxygen atoms in total. The van der Waals surface area contributed by atoms with Crippen LogP contribution in [0.25, 0.3) is 16.6 Å². The summed E-state index contributed by atoms with van der Waals surface area (Å²) in [5.41, 5.74) is -1.86. The maximum absolute atomic E-state index is 13.5. The zero-order chi connectivity index (χ0) is 28.9. The summed E-state index contributed by atoms with van der Waals surface area (Å²) >= 11 is 0. The van der Waals surface area contributed by atoms with Crippen molar-refractivity contribution in [2.75, 3.05) is 7.05 Å². The van der Waals surface area contributed by atoms with E-state index < -0.39 is 50.5 Å². The average Bonchev–Trinajstić information content (AvgIpc) is 2.83. The van der Waals surface area contributed by atoms with Crippen molar-refractivity contribution in [2.45, 2.75) is 37.6 Å². The van der Waals surface area contributed by atoms with Crippen molar-refractivity contribution in [3.05, 3.63) is 99.1 Å². The van der Waals surface area contributed by atoms with Gasteiger partial charge in [0.1, 0.15) is 5.82 Å². The molecule has 0 aliphatic carbocycles. The van der Waals surface area contributed by atoms with E-state index >= 15 is 0 Å². The average molecular weight is 570 g/mol. The third-order valence-corrected chi connectivity index (χ3v) is 7.85. The van der Waals surface area contributed by atoms with Gasteiger partial charge in [0.25, 0.3) is 5.56 Å². The molecule has 1 heterocycles. The third-order valence-electron chi connectivity index (χ3n) is 6.07. The first kappa shape index (κ1) is 28.3. The first-order valence-electron chi connectivity index (χ1n) is 11.3. The second-order valence-electron chi connectivity index (χ2n) is 8.98. The summed E-state index contributed by atoms with van der Waals surface area (Å²) in [6.07, 6.45) is -10.5. The molecule has 1 aromatic heterocycles. The van der Waals surface area contributed by atoms with E-state index in [0.29, 0.717) is 15.6 Å². The van der Waals surface area contributed by atoms with Crippen molar-refractivity contribution in [1.82, 2.24) is 13.9 Å². The molecule has 0 bridgehead atoms. The largest absolute Gasteiger partial charge is 0.416 e. The van der Waals surface area contributed by atoms with Gasteiger partial charge in [0.05, 0.1) is 39.2 Å². The van der Waals surface area contributed by atoms with Crippen LogP contribution in [0.3, 0.4) is 0 Å². The molecule has 0 saturated carbocycles. The lowest BCUT2D eigenvalue weighted by Gasteiger charge is -2.22. The molecular weight excluding hydrogens is 548 g/mol. The number of fused-ring (bicyclic) bond motifs is 1. The molecule has 0 N–H and O–H groups in total. The molecule has 0 aliphatic rings. The summed E-state index contributed by atoms with van der Waals surface area (Å²) in [5.74, 6) is -0.0836. The number of aromatic nitrogens is 2. The monoisotopic (exact) mass is 569 g/mol. The molecule has 0 radical (unpaired) electrons. The maximum atomic E-state index is 13.5. The lowest BCUT2D eigenvalue weighted by molar-refractivity contribution is -0.143. The normalized spacial score (nSPS) is 12.9. The lowest BCUT2D eigenvalue weighted by Crippen LogP contribution is -2.32. The van der Waals surface area contributed by atoms with Crippen LogP contribution in [0.5, 0.6) is 0 Å². The molecule has 206 valence electrons. The summed E-state index contributed by atoms with van der Waals surface area (Å²) in [5, 5.41) is 0.236. The second kappa shape index (κ2) is 9.79. The summed E-state index contributed by atoms with van der Waals surface area (Å²) in [7, 11) is -3.92. The SMILES string of the molecule is Cc1ccc(-n2c(CN(C)S(=O)(=O)c3cc(C(F)(F)F)cc(C(F)(F)F)c3)nc3ccccc3c2=O)c(C)c1. The van der Waals surface area contributed by atoms with Gasteiger partial charge in [0.2, 0.25) is 10.0 Å². The highest BCUT2D eigenvalue weighted by Crippen LogP contribution is 2.37. The molecular formula is C26H21F6N3O3S. The minimum absolute atomic E-state index is 0.0836. The van der Waals surface area contributed by atoms with Crippen LogP contribution >= 0.6 is 0 Å². The first-order chi connectivity index (χ1) is 18.0. The molecule has 0 spiro atoms. The number of hydrogen-bond acceptors (Lipinski definition) is 4. The van der Waals surface area contributed by atoms with Crippen molar-refractivity contribution in [2.24, 2.45) is 0 Å². The van der Waals surface area contributed by atoms with Crippen molar-refractivity contribution >= 4 is 20.9 Å². The van der Waals surface area contributed by atoms with E-state index in [1.54, 1.807) is 37.3 Å². The minimum atomic E-state index is -5.23. The van der Waals surface area contributed by atoms with Gasteiger partial charge < -0.3 is 0 Å². The van der Waals surface area contributed by atoms with Gasteiger partial charge in [-0.05, 0) is 55.8 Å². The van der Waals surface area contributed by atoms with Crippen molar-refractivity contribution in [3.63, 3.8) is 0 Å². The number of hydrogen-bond donors (Lipinski definition) is 0. The van der Waals surface area contributed by atoms with Crippen molar-refractivity contribution in [1.29, 1.82) is 0 Å². The smallest absolute Gasteiger partial charge is 0.268 e. The Bertz CT molecular complexity index is 1710. The highest BCUT2D eigenvalue weighted by Gasteiger charge is 2.39. The van der Waals surface area contributed by atoms with E-state index in [4.69, 9.17) is 0 Å². The van der Waals surface area contributed by atoms with Crippen LogP contribution < -0.4 is 5.56 Å². The molecule has 4 rings (SSSR count). The van der Waals surface area contributed by atoms with Crippen LogP contribution in [0.2, 0.25) is 0 Å². The number of halogens is 6. The Morgan fingerprint density at radius 3 is 2.03 bits per heavy atom.